The van der Waals surface area contributed by atoms with E-state index < -0.39 is 17.3 Å². The Hall–Kier alpha value is -2.83. The van der Waals surface area contributed by atoms with Crippen molar-refractivity contribution in [2.75, 3.05) is 5.32 Å². The van der Waals surface area contributed by atoms with Crippen molar-refractivity contribution in [1.82, 2.24) is 9.97 Å². The lowest BCUT2D eigenvalue weighted by Gasteiger charge is -2.04. The zero-order chi connectivity index (χ0) is 14.9. The summed E-state index contributed by atoms with van der Waals surface area (Å²) in [6.07, 6.45) is 2.67. The van der Waals surface area contributed by atoms with Gasteiger partial charge in [0.05, 0.1) is 5.69 Å². The molecule has 7 nitrogen and oxygen atoms in total. The number of nitrogens with one attached hydrogen (secondary N) is 3. The number of aromatic amines is 2. The Morgan fingerprint density at radius 3 is 2.50 bits per heavy atom. The van der Waals surface area contributed by atoms with E-state index in [1.54, 1.807) is 13.8 Å². The molecule has 0 aromatic carbocycles. The molecule has 0 aliphatic carbocycles. The number of anilines is 1. The first kappa shape index (κ1) is 13.6. The van der Waals surface area contributed by atoms with Gasteiger partial charge in [-0.15, -0.1) is 0 Å². The van der Waals surface area contributed by atoms with Gasteiger partial charge in [-0.3, -0.25) is 9.59 Å². The van der Waals surface area contributed by atoms with Gasteiger partial charge in [-0.1, -0.05) is 0 Å². The largest absolute Gasteiger partial charge is 0.478 e. The third-order valence-corrected chi connectivity index (χ3v) is 2.84. The highest BCUT2D eigenvalue weighted by Crippen LogP contribution is 2.19. The highest BCUT2D eigenvalue weighted by atomic mass is 16.4. The van der Waals surface area contributed by atoms with Crippen molar-refractivity contribution in [3.05, 3.63) is 51.2 Å². The Labute approximate surface area is 113 Å². The van der Waals surface area contributed by atoms with Crippen molar-refractivity contribution in [3.8, 4) is 0 Å². The summed E-state index contributed by atoms with van der Waals surface area (Å²) >= 11 is 0. The smallest absolute Gasteiger partial charge is 0.339 e. The van der Waals surface area contributed by atoms with Crippen LogP contribution in [0.25, 0.3) is 0 Å². The van der Waals surface area contributed by atoms with Crippen LogP contribution in [0, 0.1) is 13.8 Å². The van der Waals surface area contributed by atoms with E-state index in [1.807, 2.05) is 0 Å². The number of carboxylic acid groups (broad SMARTS) is 1. The highest BCUT2D eigenvalue weighted by molar-refractivity contribution is 6.07. The minimum atomic E-state index is -1.16. The summed E-state index contributed by atoms with van der Waals surface area (Å²) in [4.78, 5) is 40.3. The molecule has 0 spiro atoms. The van der Waals surface area contributed by atoms with Crippen LogP contribution in [0.4, 0.5) is 5.69 Å². The minimum Gasteiger partial charge on any atom is -0.478 e. The molecule has 0 saturated carbocycles. The first-order valence-corrected chi connectivity index (χ1v) is 5.82. The molecule has 0 radical (unpaired) electrons. The van der Waals surface area contributed by atoms with Crippen LogP contribution in [0.1, 0.15) is 32.1 Å². The molecule has 4 N–H and O–H groups in total. The van der Waals surface area contributed by atoms with Gasteiger partial charge in [-0.05, 0) is 13.8 Å². The number of rotatable bonds is 3. The number of amides is 1. The number of hydrogen-bond acceptors (Lipinski definition) is 3. The maximum atomic E-state index is 12.0. The lowest BCUT2D eigenvalue weighted by atomic mass is 10.2. The van der Waals surface area contributed by atoms with Crippen molar-refractivity contribution in [2.24, 2.45) is 0 Å². The van der Waals surface area contributed by atoms with Gasteiger partial charge in [0.1, 0.15) is 11.1 Å². The van der Waals surface area contributed by atoms with E-state index in [0.29, 0.717) is 11.4 Å². The van der Waals surface area contributed by atoms with Gasteiger partial charge in [-0.2, -0.15) is 0 Å². The van der Waals surface area contributed by atoms with Crippen LogP contribution in [0.2, 0.25) is 0 Å². The molecule has 7 heteroatoms. The van der Waals surface area contributed by atoms with Gasteiger partial charge in [0.2, 0.25) is 0 Å². The third-order valence-electron chi connectivity index (χ3n) is 2.84. The quantitative estimate of drug-likeness (QED) is 0.675. The van der Waals surface area contributed by atoms with E-state index >= 15 is 0 Å². The predicted molar refractivity (Wildman–Crippen MR) is 72.2 cm³/mol. The Kier molecular flexibility index (Phi) is 3.43. The second kappa shape index (κ2) is 5.04. The van der Waals surface area contributed by atoms with Crippen LogP contribution >= 0.6 is 0 Å². The van der Waals surface area contributed by atoms with Crippen LogP contribution < -0.4 is 10.7 Å². The molecular weight excluding hydrogens is 262 g/mol. The van der Waals surface area contributed by atoms with Gasteiger partial charge in [0.15, 0.2) is 5.43 Å². The van der Waals surface area contributed by atoms with Crippen LogP contribution in [0.15, 0.2) is 23.3 Å². The summed E-state index contributed by atoms with van der Waals surface area (Å²) in [6, 6.07) is 1.30. The average molecular weight is 275 g/mol. The van der Waals surface area contributed by atoms with Gasteiger partial charge in [0, 0.05) is 29.8 Å². The summed E-state index contributed by atoms with van der Waals surface area (Å²) in [7, 11) is 0. The molecule has 0 aliphatic rings. The number of carboxylic acids is 1. The standard InChI is InChI=1S/C13H13N3O4/c1-6-3-10(17)8(4-14-6)12(18)16-9-5-15-7(2)11(9)13(19)20/h3-5,15H,1-2H3,(H,14,17)(H,16,18)(H,19,20). The van der Waals surface area contributed by atoms with Crippen molar-refractivity contribution < 1.29 is 14.7 Å². The van der Waals surface area contributed by atoms with Gasteiger partial charge in [0.25, 0.3) is 5.91 Å². The molecule has 2 aromatic heterocycles. The molecule has 2 heterocycles. The second-order valence-electron chi connectivity index (χ2n) is 4.36. The van der Waals surface area contributed by atoms with Crippen LogP contribution in [0.5, 0.6) is 0 Å². The monoisotopic (exact) mass is 275 g/mol. The van der Waals surface area contributed by atoms with Gasteiger partial charge in [-0.25, -0.2) is 4.79 Å². The Bertz CT molecular complexity index is 742. The van der Waals surface area contributed by atoms with E-state index in [2.05, 4.69) is 15.3 Å². The first-order valence-electron chi connectivity index (χ1n) is 5.82. The summed E-state index contributed by atoms with van der Waals surface area (Å²) in [6.45, 7) is 3.28. The Morgan fingerprint density at radius 2 is 1.90 bits per heavy atom. The maximum absolute atomic E-state index is 12.0. The van der Waals surface area contributed by atoms with Crippen LogP contribution in [-0.4, -0.2) is 27.0 Å². The molecule has 0 atom stereocenters. The molecule has 104 valence electrons. The predicted octanol–water partition coefficient (Wildman–Crippen LogP) is 1.27. The van der Waals surface area contributed by atoms with Crippen molar-refractivity contribution in [2.45, 2.75) is 13.8 Å². The first-order chi connectivity index (χ1) is 9.40. The summed E-state index contributed by atoms with van der Waals surface area (Å²) < 4.78 is 0. The van der Waals surface area contributed by atoms with Crippen LogP contribution in [0.3, 0.4) is 0 Å². The average Bonchev–Trinajstić information content (AvgIpc) is 2.70. The number of hydrogen-bond donors (Lipinski definition) is 4. The molecule has 2 rings (SSSR count). The minimum absolute atomic E-state index is 0.0260. The number of aromatic carboxylic acids is 1. The van der Waals surface area contributed by atoms with Crippen molar-refractivity contribution >= 4 is 17.6 Å². The zero-order valence-corrected chi connectivity index (χ0v) is 10.9. The van der Waals surface area contributed by atoms with Gasteiger partial charge < -0.3 is 20.4 Å². The third kappa shape index (κ3) is 2.46. The second-order valence-corrected chi connectivity index (χ2v) is 4.36. The van der Waals surface area contributed by atoms with E-state index in [-0.39, 0.29) is 16.8 Å². The molecule has 0 bridgehead atoms. The summed E-state index contributed by atoms with van der Waals surface area (Å²) in [5, 5.41) is 11.5. The van der Waals surface area contributed by atoms with Crippen molar-refractivity contribution in [1.29, 1.82) is 0 Å². The van der Waals surface area contributed by atoms with E-state index in [1.165, 1.54) is 18.5 Å². The molecule has 0 unspecified atom stereocenters. The fourth-order valence-electron chi connectivity index (χ4n) is 1.84. The molecule has 20 heavy (non-hydrogen) atoms. The topological polar surface area (TPSA) is 115 Å². The lowest BCUT2D eigenvalue weighted by molar-refractivity contribution is 0.0697. The van der Waals surface area contributed by atoms with Crippen LogP contribution in [-0.2, 0) is 0 Å². The Morgan fingerprint density at radius 1 is 1.20 bits per heavy atom. The number of pyridine rings is 1. The zero-order valence-electron chi connectivity index (χ0n) is 10.9. The molecule has 0 saturated heterocycles. The number of H-pyrrole nitrogens is 2. The highest BCUT2D eigenvalue weighted by Gasteiger charge is 2.18. The lowest BCUT2D eigenvalue weighted by Crippen LogP contribution is -2.22. The molecule has 2 aromatic rings. The number of carbonyl (C=O) groups is 2. The fraction of sp³-hybridized carbons (Fsp3) is 0.154. The Balaban J connectivity index is 2.33. The molecule has 0 fully saturated rings. The molecule has 1 amide bonds. The summed E-state index contributed by atoms with van der Waals surface area (Å²) in [5.74, 6) is -1.82. The maximum Gasteiger partial charge on any atom is 0.339 e. The summed E-state index contributed by atoms with van der Waals surface area (Å²) in [5.41, 5.74) is 0.649. The molecule has 0 aliphatic heterocycles. The number of aryl methyl sites for hydroxylation is 2. The van der Waals surface area contributed by atoms with Gasteiger partial charge >= 0.3 is 5.97 Å². The molecular formula is C13H13N3O4. The number of aromatic nitrogens is 2. The van der Waals surface area contributed by atoms with Crippen molar-refractivity contribution in [3.63, 3.8) is 0 Å². The number of carbonyl (C=O) groups excluding carboxylic acids is 1. The normalized spacial score (nSPS) is 10.3. The fourth-order valence-corrected chi connectivity index (χ4v) is 1.84. The van der Waals surface area contributed by atoms with E-state index in [4.69, 9.17) is 5.11 Å². The van der Waals surface area contributed by atoms with E-state index in [0.717, 1.165) is 0 Å². The SMILES string of the molecule is Cc1cc(=O)c(C(=O)Nc2c[nH]c(C)c2C(=O)O)c[nH]1. The van der Waals surface area contributed by atoms with E-state index in [9.17, 15) is 14.4 Å².